The quantitative estimate of drug-likeness (QED) is 0.370. The van der Waals surface area contributed by atoms with Gasteiger partial charge in [0.1, 0.15) is 0 Å². The van der Waals surface area contributed by atoms with Crippen LogP contribution in [0.1, 0.15) is 61.5 Å². The summed E-state index contributed by atoms with van der Waals surface area (Å²) >= 11 is 0. The minimum Gasteiger partial charge on any atom is -0.392 e. The van der Waals surface area contributed by atoms with Crippen LogP contribution in [0, 0.1) is 5.92 Å². The Bertz CT molecular complexity index is 1170. The highest BCUT2D eigenvalue weighted by Gasteiger charge is 2.39. The van der Waals surface area contributed by atoms with Crippen molar-refractivity contribution in [1.29, 1.82) is 0 Å². The number of nitrogens with zero attached hydrogens (tertiary/aromatic N) is 1. The summed E-state index contributed by atoms with van der Waals surface area (Å²) < 4.78 is 13.1. The van der Waals surface area contributed by atoms with Gasteiger partial charge in [-0.15, -0.1) is 0 Å². The molecule has 0 radical (unpaired) electrons. The molecule has 6 atom stereocenters. The van der Waals surface area contributed by atoms with E-state index < -0.39 is 12.4 Å². The first-order valence-electron chi connectivity index (χ1n) is 13.1. The van der Waals surface area contributed by atoms with E-state index in [9.17, 15) is 15.0 Å². The van der Waals surface area contributed by atoms with Crippen LogP contribution in [0.3, 0.4) is 0 Å². The topological polar surface area (TPSA) is 91.3 Å². The fourth-order valence-electron chi connectivity index (χ4n) is 4.87. The van der Waals surface area contributed by atoms with Crippen molar-refractivity contribution in [1.82, 2.24) is 4.90 Å². The Morgan fingerprint density at radius 2 is 1.61 bits per heavy atom. The monoisotopic (exact) mass is 518 g/mol. The number of benzene rings is 3. The molecule has 3 aromatic carbocycles. The third kappa shape index (κ3) is 6.67. The van der Waals surface area contributed by atoms with Crippen molar-refractivity contribution in [3.63, 3.8) is 0 Å². The zero-order valence-electron chi connectivity index (χ0n) is 22.5. The Morgan fingerprint density at radius 1 is 0.974 bits per heavy atom. The van der Waals surface area contributed by atoms with Crippen LogP contribution < -0.4 is 5.32 Å². The van der Waals surface area contributed by atoms with Crippen molar-refractivity contribution < 1.29 is 24.5 Å². The van der Waals surface area contributed by atoms with Gasteiger partial charge in [0.05, 0.1) is 24.9 Å². The number of likely N-dealkylation sites (N-methyl/N-ethyl adjacent to an activating group) is 1. The standard InChI is InChI=1S/C31H38N2O5/c1-20-28(18-33(4)21(2)29(36)24-8-6-5-7-9-24)37-31(26-14-16-27(17-15-26)32-22(3)35)38-30(20)25-12-10-23(19-34)11-13-25/h5-17,20-21,28-31,34,36H,18-19H2,1-4H3,(H,32,35)/t20-,21+,28+,29+,30+,31+/m1/s1. The van der Waals surface area contributed by atoms with E-state index in [2.05, 4.69) is 17.1 Å². The summed E-state index contributed by atoms with van der Waals surface area (Å²) in [6.07, 6.45) is -1.64. The number of anilines is 1. The lowest BCUT2D eigenvalue weighted by molar-refractivity contribution is -0.276. The molecule has 1 aliphatic heterocycles. The van der Waals surface area contributed by atoms with Gasteiger partial charge in [-0.2, -0.15) is 0 Å². The Morgan fingerprint density at radius 3 is 2.21 bits per heavy atom. The summed E-state index contributed by atoms with van der Waals surface area (Å²) in [5, 5.41) is 23.3. The third-order valence-electron chi connectivity index (χ3n) is 7.39. The molecule has 4 rings (SSSR count). The summed E-state index contributed by atoms with van der Waals surface area (Å²) in [6, 6.07) is 24.9. The number of ether oxygens (including phenoxy) is 2. The maximum Gasteiger partial charge on any atom is 0.221 e. The summed E-state index contributed by atoms with van der Waals surface area (Å²) in [4.78, 5) is 13.6. The van der Waals surface area contributed by atoms with E-state index in [1.807, 2.05) is 92.8 Å². The lowest BCUT2D eigenvalue weighted by Crippen LogP contribution is -2.46. The number of aliphatic hydroxyl groups is 2. The van der Waals surface area contributed by atoms with E-state index in [1.54, 1.807) is 0 Å². The minimum absolute atomic E-state index is 0.0111. The highest BCUT2D eigenvalue weighted by Crippen LogP contribution is 2.42. The lowest BCUT2D eigenvalue weighted by atomic mass is 9.89. The molecule has 0 aliphatic carbocycles. The van der Waals surface area contributed by atoms with Crippen LogP contribution in [0.5, 0.6) is 0 Å². The number of amides is 1. The number of rotatable bonds is 9. The van der Waals surface area contributed by atoms with Crippen LogP contribution in [-0.4, -0.2) is 46.8 Å². The molecule has 1 fully saturated rings. The first-order valence-corrected chi connectivity index (χ1v) is 13.1. The number of hydrogen-bond acceptors (Lipinski definition) is 6. The molecule has 0 aromatic heterocycles. The SMILES string of the molecule is CC(=O)Nc1ccc([C@H]2O[C@@H](CN(C)[C@@H](C)[C@H](O)c3ccccc3)[C@@H](C)[C@@H](c3ccc(CO)cc3)O2)cc1. The van der Waals surface area contributed by atoms with Gasteiger partial charge < -0.3 is 25.0 Å². The van der Waals surface area contributed by atoms with Crippen molar-refractivity contribution in [2.75, 3.05) is 18.9 Å². The molecule has 1 amide bonds. The predicted molar refractivity (Wildman–Crippen MR) is 147 cm³/mol. The molecule has 0 unspecified atom stereocenters. The van der Waals surface area contributed by atoms with Crippen molar-refractivity contribution in [3.8, 4) is 0 Å². The highest BCUT2D eigenvalue weighted by atomic mass is 16.7. The fraction of sp³-hybridized carbons (Fsp3) is 0.387. The van der Waals surface area contributed by atoms with E-state index in [1.165, 1.54) is 6.92 Å². The predicted octanol–water partition coefficient (Wildman–Crippen LogP) is 4.98. The summed E-state index contributed by atoms with van der Waals surface area (Å²) in [5.74, 6) is -0.105. The number of hydrogen-bond donors (Lipinski definition) is 3. The molecule has 202 valence electrons. The van der Waals surface area contributed by atoms with Crippen molar-refractivity contribution in [2.24, 2.45) is 5.92 Å². The average Bonchev–Trinajstić information content (AvgIpc) is 2.94. The van der Waals surface area contributed by atoms with E-state index in [-0.39, 0.29) is 36.7 Å². The van der Waals surface area contributed by atoms with Crippen molar-refractivity contribution in [2.45, 2.75) is 58.0 Å². The average molecular weight is 519 g/mol. The first kappa shape index (κ1) is 28.0. The number of nitrogens with one attached hydrogen (secondary N) is 1. The van der Waals surface area contributed by atoms with Crippen LogP contribution in [0.15, 0.2) is 78.9 Å². The van der Waals surface area contributed by atoms with E-state index >= 15 is 0 Å². The second kappa shape index (κ2) is 12.7. The van der Waals surface area contributed by atoms with Gasteiger partial charge in [0.25, 0.3) is 0 Å². The van der Waals surface area contributed by atoms with Gasteiger partial charge >= 0.3 is 0 Å². The van der Waals surface area contributed by atoms with Crippen molar-refractivity contribution >= 4 is 11.6 Å². The fourth-order valence-corrected chi connectivity index (χ4v) is 4.87. The maximum absolute atomic E-state index is 11.4. The van der Waals surface area contributed by atoms with Gasteiger partial charge in [-0.1, -0.05) is 73.7 Å². The second-order valence-electron chi connectivity index (χ2n) is 10.2. The molecule has 0 spiro atoms. The smallest absolute Gasteiger partial charge is 0.221 e. The van der Waals surface area contributed by atoms with Gasteiger partial charge in [-0.3, -0.25) is 9.69 Å². The molecule has 1 heterocycles. The largest absolute Gasteiger partial charge is 0.392 e. The molecule has 0 bridgehead atoms. The third-order valence-corrected chi connectivity index (χ3v) is 7.39. The number of carbonyl (C=O) groups excluding carboxylic acids is 1. The van der Waals surface area contributed by atoms with Gasteiger partial charge in [0.15, 0.2) is 6.29 Å². The minimum atomic E-state index is -0.629. The van der Waals surface area contributed by atoms with E-state index in [0.717, 1.165) is 22.3 Å². The maximum atomic E-state index is 11.4. The van der Waals surface area contributed by atoms with Crippen LogP contribution in [0.25, 0.3) is 0 Å². The molecule has 0 saturated carbocycles. The Hall–Kier alpha value is -3.07. The highest BCUT2D eigenvalue weighted by molar-refractivity contribution is 5.88. The van der Waals surface area contributed by atoms with E-state index in [4.69, 9.17) is 9.47 Å². The molecule has 7 heteroatoms. The van der Waals surface area contributed by atoms with Crippen LogP contribution >= 0.6 is 0 Å². The molecule has 38 heavy (non-hydrogen) atoms. The molecule has 1 saturated heterocycles. The van der Waals surface area contributed by atoms with Gasteiger partial charge in [-0.05, 0) is 42.8 Å². The zero-order chi connectivity index (χ0) is 27.2. The Kier molecular flexibility index (Phi) is 9.31. The molecule has 1 aliphatic rings. The van der Waals surface area contributed by atoms with Gasteiger partial charge in [0.2, 0.25) is 5.91 Å². The van der Waals surface area contributed by atoms with Gasteiger partial charge in [0, 0.05) is 36.7 Å². The zero-order valence-corrected chi connectivity index (χ0v) is 22.5. The van der Waals surface area contributed by atoms with Crippen LogP contribution in [0.2, 0.25) is 0 Å². The Labute approximate surface area is 225 Å². The van der Waals surface area contributed by atoms with Gasteiger partial charge in [-0.25, -0.2) is 0 Å². The molecule has 3 aromatic rings. The second-order valence-corrected chi connectivity index (χ2v) is 10.2. The van der Waals surface area contributed by atoms with Crippen LogP contribution in [-0.2, 0) is 20.9 Å². The first-order chi connectivity index (χ1) is 18.3. The number of aliphatic hydroxyl groups excluding tert-OH is 2. The molecule has 3 N–H and O–H groups in total. The number of carbonyl (C=O) groups is 1. The summed E-state index contributed by atoms with van der Waals surface area (Å²) in [5.41, 5.74) is 4.31. The lowest BCUT2D eigenvalue weighted by Gasteiger charge is -2.43. The van der Waals surface area contributed by atoms with E-state index in [0.29, 0.717) is 12.2 Å². The van der Waals surface area contributed by atoms with Crippen molar-refractivity contribution in [3.05, 3.63) is 101 Å². The van der Waals surface area contributed by atoms with Crippen LogP contribution in [0.4, 0.5) is 5.69 Å². The summed E-state index contributed by atoms with van der Waals surface area (Å²) in [6.45, 7) is 6.21. The molecular formula is C31H38N2O5. The normalized spacial score (nSPS) is 23.1. The summed E-state index contributed by atoms with van der Waals surface area (Å²) in [7, 11) is 2.00. The molecule has 7 nitrogen and oxygen atoms in total. The molecular weight excluding hydrogens is 480 g/mol. The Balaban J connectivity index is 1.56.